The zero-order chi connectivity index (χ0) is 15.5. The second-order valence-electron chi connectivity index (χ2n) is 5.05. The highest BCUT2D eigenvalue weighted by Gasteiger charge is 2.32. The molecule has 22 heavy (non-hydrogen) atoms. The van der Waals surface area contributed by atoms with E-state index in [4.69, 9.17) is 9.47 Å². The summed E-state index contributed by atoms with van der Waals surface area (Å²) in [6, 6.07) is 11.7. The first-order valence-electron chi connectivity index (χ1n) is 6.99. The summed E-state index contributed by atoms with van der Waals surface area (Å²) in [6.45, 7) is 0.572. The zero-order valence-electron chi connectivity index (χ0n) is 12.1. The lowest BCUT2D eigenvalue weighted by molar-refractivity contribution is 0.188. The van der Waals surface area contributed by atoms with E-state index in [1.54, 1.807) is 13.2 Å². The summed E-state index contributed by atoms with van der Waals surface area (Å²) < 4.78 is 11.3. The summed E-state index contributed by atoms with van der Waals surface area (Å²) in [7, 11) is 1.59. The molecule has 0 aliphatic carbocycles. The van der Waals surface area contributed by atoms with Crippen LogP contribution in [0.25, 0.3) is 0 Å². The van der Waals surface area contributed by atoms with Gasteiger partial charge in [0.1, 0.15) is 17.6 Å². The minimum atomic E-state index is -0.245. The number of aromatic hydroxyl groups is 2. The van der Waals surface area contributed by atoms with Crippen molar-refractivity contribution >= 4 is 0 Å². The molecule has 1 aliphatic heterocycles. The van der Waals surface area contributed by atoms with Crippen LogP contribution in [0.2, 0.25) is 0 Å². The number of nitrogens with one attached hydrogen (secondary N) is 2. The third kappa shape index (κ3) is 2.79. The summed E-state index contributed by atoms with van der Waals surface area (Å²) in [5.41, 5.74) is 6.77. The maximum absolute atomic E-state index is 10.0. The van der Waals surface area contributed by atoms with Crippen molar-refractivity contribution in [2.75, 3.05) is 13.7 Å². The Morgan fingerprint density at radius 3 is 2.59 bits per heavy atom. The summed E-state index contributed by atoms with van der Waals surface area (Å²) in [4.78, 5) is 0. The third-order valence-corrected chi connectivity index (χ3v) is 3.63. The normalized spacial score (nSPS) is 20.8. The number of phenolic OH excluding ortho intramolecular Hbond substituents is 2. The van der Waals surface area contributed by atoms with E-state index in [0.717, 1.165) is 0 Å². The Hall–Kier alpha value is -2.44. The summed E-state index contributed by atoms with van der Waals surface area (Å²) in [6.07, 6.45) is -0.230. The predicted octanol–water partition coefficient (Wildman–Crippen LogP) is 1.70. The highest BCUT2D eigenvalue weighted by molar-refractivity contribution is 5.43. The molecule has 1 aliphatic rings. The number of hydrazine groups is 1. The van der Waals surface area contributed by atoms with Crippen LogP contribution in [-0.2, 0) is 0 Å². The van der Waals surface area contributed by atoms with E-state index in [9.17, 15) is 10.2 Å². The molecule has 0 spiro atoms. The first-order valence-corrected chi connectivity index (χ1v) is 6.99. The van der Waals surface area contributed by atoms with Crippen LogP contribution in [0.5, 0.6) is 23.0 Å². The quantitative estimate of drug-likeness (QED) is 0.688. The Labute approximate surface area is 128 Å². The van der Waals surface area contributed by atoms with Crippen molar-refractivity contribution in [3.8, 4) is 23.0 Å². The van der Waals surface area contributed by atoms with Crippen molar-refractivity contribution in [3.05, 3.63) is 48.0 Å². The average Bonchev–Trinajstić information content (AvgIpc) is 2.96. The van der Waals surface area contributed by atoms with Crippen LogP contribution >= 0.6 is 0 Å². The molecule has 6 nitrogen and oxygen atoms in total. The van der Waals surface area contributed by atoms with E-state index in [0.29, 0.717) is 23.6 Å². The van der Waals surface area contributed by atoms with Crippen molar-refractivity contribution in [1.29, 1.82) is 0 Å². The Balaban J connectivity index is 1.84. The standard InChI is InChI=1S/C16H18N2O4/c1-21-13-4-2-3-5-14(13)22-15-9-17-18-16(15)11-7-6-10(19)8-12(11)20/h2-8,15-20H,9H2,1H3. The molecule has 2 aromatic rings. The van der Waals surface area contributed by atoms with Crippen LogP contribution in [0.1, 0.15) is 11.6 Å². The van der Waals surface area contributed by atoms with Crippen molar-refractivity contribution in [3.63, 3.8) is 0 Å². The number of ether oxygens (including phenoxy) is 2. The Bertz CT molecular complexity index is 662. The zero-order valence-corrected chi connectivity index (χ0v) is 12.1. The van der Waals surface area contributed by atoms with Gasteiger partial charge in [-0.2, -0.15) is 0 Å². The summed E-state index contributed by atoms with van der Waals surface area (Å²) >= 11 is 0. The molecular weight excluding hydrogens is 284 g/mol. The smallest absolute Gasteiger partial charge is 0.161 e. The molecular formula is C16H18N2O4. The van der Waals surface area contributed by atoms with Gasteiger partial charge in [0.15, 0.2) is 11.5 Å². The van der Waals surface area contributed by atoms with Crippen LogP contribution in [0.15, 0.2) is 42.5 Å². The van der Waals surface area contributed by atoms with E-state index in [1.165, 1.54) is 12.1 Å². The molecule has 2 unspecified atom stereocenters. The van der Waals surface area contributed by atoms with Crippen molar-refractivity contribution in [2.24, 2.45) is 0 Å². The van der Waals surface area contributed by atoms with Gasteiger partial charge in [0.05, 0.1) is 13.2 Å². The minimum absolute atomic E-state index is 0.0226. The molecule has 3 rings (SSSR count). The predicted molar refractivity (Wildman–Crippen MR) is 81.1 cm³/mol. The number of rotatable bonds is 4. The molecule has 0 bridgehead atoms. The summed E-state index contributed by atoms with van der Waals surface area (Å²) in [5, 5.41) is 19.4. The van der Waals surface area contributed by atoms with Gasteiger partial charge in [0.2, 0.25) is 0 Å². The molecule has 0 radical (unpaired) electrons. The van der Waals surface area contributed by atoms with Crippen molar-refractivity contribution in [2.45, 2.75) is 12.1 Å². The first-order chi connectivity index (χ1) is 10.7. The van der Waals surface area contributed by atoms with Crippen LogP contribution in [0, 0.1) is 0 Å². The largest absolute Gasteiger partial charge is 0.508 e. The Morgan fingerprint density at radius 1 is 1.09 bits per heavy atom. The topological polar surface area (TPSA) is 83.0 Å². The molecule has 4 N–H and O–H groups in total. The number of methoxy groups -OCH3 is 1. The lowest BCUT2D eigenvalue weighted by Crippen LogP contribution is -2.28. The SMILES string of the molecule is COc1ccccc1OC1CNNC1c1ccc(O)cc1O. The molecule has 2 atom stereocenters. The van der Waals surface area contributed by atoms with Crippen LogP contribution in [0.3, 0.4) is 0 Å². The minimum Gasteiger partial charge on any atom is -0.508 e. The molecule has 0 aromatic heterocycles. The van der Waals surface area contributed by atoms with Crippen molar-refractivity contribution in [1.82, 2.24) is 10.9 Å². The lowest BCUT2D eigenvalue weighted by atomic mass is 10.0. The van der Waals surface area contributed by atoms with Gasteiger partial charge in [-0.1, -0.05) is 12.1 Å². The van der Waals surface area contributed by atoms with E-state index in [2.05, 4.69) is 10.9 Å². The van der Waals surface area contributed by atoms with Crippen molar-refractivity contribution < 1.29 is 19.7 Å². The van der Waals surface area contributed by atoms with Gasteiger partial charge in [-0.3, -0.25) is 5.43 Å². The third-order valence-electron chi connectivity index (χ3n) is 3.63. The maximum atomic E-state index is 10.0. The Kier molecular flexibility index (Phi) is 4.04. The van der Waals surface area contributed by atoms with Gasteiger partial charge < -0.3 is 19.7 Å². The second kappa shape index (κ2) is 6.13. The fourth-order valence-electron chi connectivity index (χ4n) is 2.54. The van der Waals surface area contributed by atoms with E-state index in [-0.39, 0.29) is 23.6 Å². The van der Waals surface area contributed by atoms with E-state index >= 15 is 0 Å². The number of para-hydroxylation sites is 2. The molecule has 6 heteroatoms. The number of hydrogen-bond acceptors (Lipinski definition) is 6. The molecule has 1 saturated heterocycles. The highest BCUT2D eigenvalue weighted by atomic mass is 16.5. The molecule has 2 aromatic carbocycles. The molecule has 1 heterocycles. The number of hydrogen-bond donors (Lipinski definition) is 4. The van der Waals surface area contributed by atoms with Gasteiger partial charge in [0.25, 0.3) is 0 Å². The van der Waals surface area contributed by atoms with Crippen LogP contribution in [-0.4, -0.2) is 30.0 Å². The number of benzene rings is 2. The van der Waals surface area contributed by atoms with Crippen LogP contribution in [0.4, 0.5) is 0 Å². The molecule has 116 valence electrons. The van der Waals surface area contributed by atoms with Crippen LogP contribution < -0.4 is 20.3 Å². The Morgan fingerprint density at radius 2 is 1.86 bits per heavy atom. The van der Waals surface area contributed by atoms with E-state index < -0.39 is 0 Å². The fourth-order valence-corrected chi connectivity index (χ4v) is 2.54. The van der Waals surface area contributed by atoms with E-state index in [1.807, 2.05) is 24.3 Å². The van der Waals surface area contributed by atoms with Gasteiger partial charge in [-0.25, -0.2) is 5.43 Å². The lowest BCUT2D eigenvalue weighted by Gasteiger charge is -2.22. The average molecular weight is 302 g/mol. The van der Waals surface area contributed by atoms with Gasteiger partial charge in [-0.15, -0.1) is 0 Å². The monoisotopic (exact) mass is 302 g/mol. The van der Waals surface area contributed by atoms with Gasteiger partial charge in [-0.05, 0) is 24.3 Å². The van der Waals surface area contributed by atoms with Gasteiger partial charge in [0, 0.05) is 18.2 Å². The maximum Gasteiger partial charge on any atom is 0.161 e. The molecule has 0 amide bonds. The second-order valence-corrected chi connectivity index (χ2v) is 5.05. The van der Waals surface area contributed by atoms with Gasteiger partial charge >= 0.3 is 0 Å². The first kappa shape index (κ1) is 14.5. The molecule has 1 fully saturated rings. The highest BCUT2D eigenvalue weighted by Crippen LogP contribution is 2.34. The number of phenols is 2. The fraction of sp³-hybridized carbons (Fsp3) is 0.250. The summed E-state index contributed by atoms with van der Waals surface area (Å²) in [5.74, 6) is 1.34. The molecule has 0 saturated carbocycles.